The standard InChI is InChI=1S/C26H30FN7O4/c1-16(23(35)32-21-10-9-19(13-29-21)38-18-7-5-17(27)6-8-18)33-11-12-34(26(2,3)15-33)25(36)20-14-30-24(37-4)22(28)31-20/h5-10,13-14,16H,11-12,15H2,1-4H3,(H2,28,31)(H,29,32,35)/t16-/m0/s1. The van der Waals surface area contributed by atoms with Crippen molar-refractivity contribution in [1.29, 1.82) is 0 Å². The Labute approximate surface area is 219 Å². The van der Waals surface area contributed by atoms with Gasteiger partial charge in [0.2, 0.25) is 5.91 Å². The van der Waals surface area contributed by atoms with Gasteiger partial charge in [-0.3, -0.25) is 14.5 Å². The fraction of sp³-hybridized carbons (Fsp3) is 0.346. The van der Waals surface area contributed by atoms with Crippen molar-refractivity contribution < 1.29 is 23.5 Å². The van der Waals surface area contributed by atoms with Crippen LogP contribution in [-0.2, 0) is 4.79 Å². The summed E-state index contributed by atoms with van der Waals surface area (Å²) in [5, 5.41) is 2.82. The van der Waals surface area contributed by atoms with Crippen molar-refractivity contribution in [2.75, 3.05) is 37.8 Å². The highest BCUT2D eigenvalue weighted by atomic mass is 19.1. The fourth-order valence-corrected chi connectivity index (χ4v) is 4.24. The average Bonchev–Trinajstić information content (AvgIpc) is 2.89. The highest BCUT2D eigenvalue weighted by Crippen LogP contribution is 2.26. The summed E-state index contributed by atoms with van der Waals surface area (Å²) in [6.45, 7) is 7.02. The Morgan fingerprint density at radius 1 is 1.08 bits per heavy atom. The molecule has 0 radical (unpaired) electrons. The van der Waals surface area contributed by atoms with Crippen LogP contribution in [0.2, 0.25) is 0 Å². The van der Waals surface area contributed by atoms with Crippen molar-refractivity contribution in [2.24, 2.45) is 0 Å². The molecule has 1 fully saturated rings. The average molecular weight is 524 g/mol. The molecule has 1 aromatic carbocycles. The van der Waals surface area contributed by atoms with E-state index in [1.165, 1.54) is 43.8 Å². The molecule has 0 unspecified atom stereocenters. The molecule has 38 heavy (non-hydrogen) atoms. The summed E-state index contributed by atoms with van der Waals surface area (Å²) in [6.07, 6.45) is 2.82. The number of carbonyl (C=O) groups is 2. The zero-order chi connectivity index (χ0) is 27.4. The first-order valence-corrected chi connectivity index (χ1v) is 12.0. The van der Waals surface area contributed by atoms with E-state index in [0.717, 1.165) is 0 Å². The van der Waals surface area contributed by atoms with E-state index in [0.29, 0.717) is 37.0 Å². The molecule has 1 atom stereocenters. The molecule has 1 aliphatic heterocycles. The number of benzene rings is 1. The molecule has 0 spiro atoms. The number of rotatable bonds is 7. The lowest BCUT2D eigenvalue weighted by Gasteiger charge is -2.48. The molecule has 3 N–H and O–H groups in total. The van der Waals surface area contributed by atoms with Gasteiger partial charge in [-0.15, -0.1) is 0 Å². The zero-order valence-corrected chi connectivity index (χ0v) is 21.6. The summed E-state index contributed by atoms with van der Waals surface area (Å²) < 4.78 is 23.7. The smallest absolute Gasteiger partial charge is 0.274 e. The van der Waals surface area contributed by atoms with Gasteiger partial charge >= 0.3 is 0 Å². The molecule has 2 amide bonds. The van der Waals surface area contributed by atoms with Gasteiger partial charge in [0.1, 0.15) is 28.8 Å². The second-order valence-corrected chi connectivity index (χ2v) is 9.49. The highest BCUT2D eigenvalue weighted by Gasteiger charge is 2.40. The molecule has 4 rings (SSSR count). The van der Waals surface area contributed by atoms with E-state index in [1.54, 1.807) is 17.0 Å². The molecule has 11 nitrogen and oxygen atoms in total. The minimum Gasteiger partial charge on any atom is -0.478 e. The number of nitrogens with one attached hydrogen (secondary N) is 1. The molecule has 3 heterocycles. The number of hydrogen-bond donors (Lipinski definition) is 2. The third-order valence-corrected chi connectivity index (χ3v) is 6.32. The number of methoxy groups -OCH3 is 1. The molecule has 2 aromatic heterocycles. The number of halogens is 1. The topological polar surface area (TPSA) is 136 Å². The van der Waals surface area contributed by atoms with Gasteiger partial charge in [-0.2, -0.15) is 0 Å². The van der Waals surface area contributed by atoms with Gasteiger partial charge in [0.25, 0.3) is 11.8 Å². The van der Waals surface area contributed by atoms with E-state index in [9.17, 15) is 14.0 Å². The lowest BCUT2D eigenvalue weighted by Crippen LogP contribution is -2.63. The molecule has 200 valence electrons. The first kappa shape index (κ1) is 26.7. The van der Waals surface area contributed by atoms with E-state index in [1.807, 2.05) is 25.7 Å². The van der Waals surface area contributed by atoms with Crippen LogP contribution >= 0.6 is 0 Å². The Morgan fingerprint density at radius 3 is 2.39 bits per heavy atom. The second kappa shape index (κ2) is 11.0. The van der Waals surface area contributed by atoms with Crippen molar-refractivity contribution in [3.63, 3.8) is 0 Å². The van der Waals surface area contributed by atoms with Crippen molar-refractivity contribution in [2.45, 2.75) is 32.4 Å². The second-order valence-electron chi connectivity index (χ2n) is 9.49. The van der Waals surface area contributed by atoms with Crippen LogP contribution in [0.15, 0.2) is 48.8 Å². The highest BCUT2D eigenvalue weighted by molar-refractivity contribution is 5.94. The van der Waals surface area contributed by atoms with Crippen LogP contribution in [0, 0.1) is 5.82 Å². The monoisotopic (exact) mass is 523 g/mol. The van der Waals surface area contributed by atoms with Gasteiger partial charge in [-0.25, -0.2) is 19.3 Å². The van der Waals surface area contributed by atoms with E-state index in [2.05, 4.69) is 20.3 Å². The number of nitrogens with zero attached hydrogens (tertiary/aromatic N) is 5. The van der Waals surface area contributed by atoms with Crippen molar-refractivity contribution in [3.05, 3.63) is 60.3 Å². The van der Waals surface area contributed by atoms with E-state index < -0.39 is 11.6 Å². The summed E-state index contributed by atoms with van der Waals surface area (Å²) in [6, 6.07) is 8.46. The van der Waals surface area contributed by atoms with Crippen LogP contribution in [0.5, 0.6) is 17.4 Å². The SMILES string of the molecule is COc1ncc(C(=O)N2CCN([C@@H](C)C(=O)Nc3ccc(Oc4ccc(F)cc4)cn3)CC2(C)C)nc1N. The predicted molar refractivity (Wildman–Crippen MR) is 138 cm³/mol. The number of piperazine rings is 1. The quantitative estimate of drug-likeness (QED) is 0.479. The molecular formula is C26H30FN7O4. The summed E-state index contributed by atoms with van der Waals surface area (Å²) in [5.74, 6) is 0.635. The fourth-order valence-electron chi connectivity index (χ4n) is 4.24. The number of anilines is 2. The zero-order valence-electron chi connectivity index (χ0n) is 21.6. The summed E-state index contributed by atoms with van der Waals surface area (Å²) in [7, 11) is 1.43. The first-order valence-electron chi connectivity index (χ1n) is 12.0. The maximum atomic E-state index is 13.2. The summed E-state index contributed by atoms with van der Waals surface area (Å²) in [4.78, 5) is 42.3. The van der Waals surface area contributed by atoms with Gasteiger partial charge in [0.05, 0.1) is 31.1 Å². The van der Waals surface area contributed by atoms with Gasteiger partial charge in [0.15, 0.2) is 5.82 Å². The van der Waals surface area contributed by atoms with Crippen LogP contribution in [-0.4, -0.2) is 74.9 Å². The van der Waals surface area contributed by atoms with E-state index in [4.69, 9.17) is 15.2 Å². The van der Waals surface area contributed by atoms with Crippen LogP contribution in [0.3, 0.4) is 0 Å². The number of nitrogen functional groups attached to an aromatic ring is 1. The number of hydrogen-bond acceptors (Lipinski definition) is 9. The van der Waals surface area contributed by atoms with Crippen molar-refractivity contribution in [1.82, 2.24) is 24.8 Å². The molecule has 3 aromatic rings. The molecule has 1 aliphatic rings. The van der Waals surface area contributed by atoms with Crippen LogP contribution in [0.1, 0.15) is 31.3 Å². The lowest BCUT2D eigenvalue weighted by atomic mass is 9.97. The Hall–Kier alpha value is -4.32. The number of aromatic nitrogens is 3. The van der Waals surface area contributed by atoms with E-state index in [-0.39, 0.29) is 35.0 Å². The maximum absolute atomic E-state index is 13.2. The number of carbonyl (C=O) groups excluding carboxylic acids is 2. The normalized spacial score (nSPS) is 16.0. The lowest BCUT2D eigenvalue weighted by molar-refractivity contribution is -0.122. The molecule has 0 saturated carbocycles. The van der Waals surface area contributed by atoms with Gasteiger partial charge < -0.3 is 25.4 Å². The molecule has 0 aliphatic carbocycles. The minimum absolute atomic E-state index is 0.0451. The minimum atomic E-state index is -0.585. The van der Waals surface area contributed by atoms with E-state index >= 15 is 0 Å². The number of nitrogens with two attached hydrogens (primary N) is 1. The Kier molecular flexibility index (Phi) is 7.72. The summed E-state index contributed by atoms with van der Waals surface area (Å²) >= 11 is 0. The number of ether oxygens (including phenoxy) is 2. The van der Waals surface area contributed by atoms with Crippen LogP contribution in [0.25, 0.3) is 0 Å². The third kappa shape index (κ3) is 5.97. The molecular weight excluding hydrogens is 493 g/mol. The number of pyridine rings is 1. The Bertz CT molecular complexity index is 1300. The van der Waals surface area contributed by atoms with Gasteiger partial charge in [-0.1, -0.05) is 0 Å². The predicted octanol–water partition coefficient (Wildman–Crippen LogP) is 2.96. The molecule has 12 heteroatoms. The Morgan fingerprint density at radius 2 is 1.79 bits per heavy atom. The third-order valence-electron chi connectivity index (χ3n) is 6.32. The van der Waals surface area contributed by atoms with Gasteiger partial charge in [-0.05, 0) is 57.2 Å². The van der Waals surface area contributed by atoms with Crippen LogP contribution < -0.4 is 20.5 Å². The van der Waals surface area contributed by atoms with Crippen molar-refractivity contribution in [3.8, 4) is 17.4 Å². The van der Waals surface area contributed by atoms with Crippen molar-refractivity contribution >= 4 is 23.5 Å². The Balaban J connectivity index is 1.35. The largest absolute Gasteiger partial charge is 0.478 e. The first-order chi connectivity index (χ1) is 18.1. The molecule has 0 bridgehead atoms. The number of amides is 2. The van der Waals surface area contributed by atoms with Crippen LogP contribution in [0.4, 0.5) is 16.0 Å². The molecule has 1 saturated heterocycles. The maximum Gasteiger partial charge on any atom is 0.274 e. The summed E-state index contributed by atoms with van der Waals surface area (Å²) in [5.41, 5.74) is 5.37. The van der Waals surface area contributed by atoms with Gasteiger partial charge in [0, 0.05) is 19.6 Å².